The Bertz CT molecular complexity index is 1300. The molecule has 4 rings (SSSR count). The van der Waals surface area contributed by atoms with Crippen molar-refractivity contribution in [3.63, 3.8) is 0 Å². The summed E-state index contributed by atoms with van der Waals surface area (Å²) >= 11 is 3.27. The van der Waals surface area contributed by atoms with Crippen LogP contribution in [-0.4, -0.2) is 34.3 Å². The number of ether oxygens (including phenoxy) is 1. The fourth-order valence-electron chi connectivity index (χ4n) is 3.64. The molecule has 1 amide bonds. The first-order chi connectivity index (χ1) is 15.7. The second kappa shape index (κ2) is 8.55. The second-order valence-electron chi connectivity index (χ2n) is 7.47. The average Bonchev–Trinajstić information content (AvgIpc) is 2.81. The second-order valence-corrected chi connectivity index (χ2v) is 8.32. The normalized spacial score (nSPS) is 17.5. The largest absolute Gasteiger partial charge is 0.503 e. The number of aromatic hydroxyl groups is 1. The molecule has 9 nitrogen and oxygen atoms in total. The molecule has 0 fully saturated rings. The van der Waals surface area contributed by atoms with Crippen LogP contribution in [0.25, 0.3) is 0 Å². The van der Waals surface area contributed by atoms with Gasteiger partial charge in [-0.25, -0.2) is 0 Å². The van der Waals surface area contributed by atoms with E-state index in [1.54, 1.807) is 55.5 Å². The molecule has 33 heavy (non-hydrogen) atoms. The van der Waals surface area contributed by atoms with Gasteiger partial charge in [0.25, 0.3) is 11.6 Å². The lowest BCUT2D eigenvalue weighted by atomic mass is 9.95. The van der Waals surface area contributed by atoms with E-state index in [1.807, 2.05) is 0 Å². The van der Waals surface area contributed by atoms with E-state index in [-0.39, 0.29) is 23.1 Å². The van der Waals surface area contributed by atoms with Crippen molar-refractivity contribution >= 4 is 39.4 Å². The molecule has 1 aliphatic heterocycles. The van der Waals surface area contributed by atoms with E-state index < -0.39 is 10.6 Å². The van der Waals surface area contributed by atoms with E-state index in [9.17, 15) is 20.0 Å². The number of amides is 1. The van der Waals surface area contributed by atoms with Gasteiger partial charge in [0, 0.05) is 23.4 Å². The van der Waals surface area contributed by atoms with Gasteiger partial charge in [0.15, 0.2) is 17.2 Å². The predicted octanol–water partition coefficient (Wildman–Crippen LogP) is 4.85. The number of nitro benzene ring substituents is 1. The minimum atomic E-state index is -1.22. The lowest BCUT2D eigenvalue weighted by Crippen LogP contribution is -2.53. The molecule has 1 atom stereocenters. The van der Waals surface area contributed by atoms with Crippen molar-refractivity contribution in [1.29, 1.82) is 0 Å². The lowest BCUT2D eigenvalue weighted by molar-refractivity contribution is -0.385. The van der Waals surface area contributed by atoms with Gasteiger partial charge >= 0.3 is 0 Å². The number of benzene rings is 3. The Morgan fingerprint density at radius 1 is 1.21 bits per heavy atom. The number of non-ortho nitro benzene ring substituents is 1. The number of nitrogens with zero attached hydrogens (tertiary/aromatic N) is 3. The molecule has 2 N–H and O–H groups in total. The number of methoxy groups -OCH3 is 1. The molecular formula is C23H19BrN4O5. The highest BCUT2D eigenvalue weighted by atomic mass is 79.9. The molecule has 0 saturated carbocycles. The highest BCUT2D eigenvalue weighted by Crippen LogP contribution is 2.39. The van der Waals surface area contributed by atoms with Gasteiger partial charge in [0.1, 0.15) is 0 Å². The minimum Gasteiger partial charge on any atom is -0.503 e. The Kier molecular flexibility index (Phi) is 5.77. The number of hydrogen-bond acceptors (Lipinski definition) is 7. The van der Waals surface area contributed by atoms with E-state index in [1.165, 1.54) is 30.5 Å². The SMILES string of the molecule is COc1cc(C=NN2C(=O)c3ccccc3N[C@@]2(C)c2cccc([N+](=O)[O-])c2)cc(Br)c1O. The van der Waals surface area contributed by atoms with Gasteiger partial charge in [-0.15, -0.1) is 0 Å². The number of phenols is 1. The summed E-state index contributed by atoms with van der Waals surface area (Å²) in [5.41, 5.74) is 0.745. The zero-order valence-corrected chi connectivity index (χ0v) is 19.2. The summed E-state index contributed by atoms with van der Waals surface area (Å²) in [6.07, 6.45) is 1.45. The summed E-state index contributed by atoms with van der Waals surface area (Å²) in [6.45, 7) is 1.73. The van der Waals surface area contributed by atoms with Crippen molar-refractivity contribution in [3.05, 3.63) is 91.9 Å². The van der Waals surface area contributed by atoms with Gasteiger partial charge in [-0.2, -0.15) is 10.1 Å². The summed E-state index contributed by atoms with van der Waals surface area (Å²) in [7, 11) is 1.43. The Morgan fingerprint density at radius 2 is 1.97 bits per heavy atom. The molecule has 0 aromatic heterocycles. The number of halogens is 1. The molecule has 10 heteroatoms. The topological polar surface area (TPSA) is 117 Å². The first kappa shape index (κ1) is 22.3. The number of phenolic OH excluding ortho intramolecular Hbond substituents is 1. The summed E-state index contributed by atoms with van der Waals surface area (Å²) in [6, 6.07) is 16.3. The summed E-state index contributed by atoms with van der Waals surface area (Å²) in [5, 5.41) is 30.4. The zero-order chi connectivity index (χ0) is 23.8. The molecule has 3 aromatic rings. The number of para-hydroxylation sites is 1. The number of fused-ring (bicyclic) bond motifs is 1. The van der Waals surface area contributed by atoms with Crippen molar-refractivity contribution in [2.75, 3.05) is 12.4 Å². The van der Waals surface area contributed by atoms with Crippen LogP contribution in [0, 0.1) is 10.1 Å². The van der Waals surface area contributed by atoms with Crippen LogP contribution in [0.15, 0.2) is 70.2 Å². The summed E-state index contributed by atoms with van der Waals surface area (Å²) in [5.74, 6) is -0.194. The molecule has 168 valence electrons. The van der Waals surface area contributed by atoms with Crippen molar-refractivity contribution in [1.82, 2.24) is 5.01 Å². The van der Waals surface area contributed by atoms with Crippen LogP contribution in [0.5, 0.6) is 11.5 Å². The molecule has 0 bridgehead atoms. The lowest BCUT2D eigenvalue weighted by Gasteiger charge is -2.43. The third kappa shape index (κ3) is 4.00. The van der Waals surface area contributed by atoms with Crippen molar-refractivity contribution < 1.29 is 19.6 Å². The van der Waals surface area contributed by atoms with Crippen LogP contribution in [0.1, 0.15) is 28.4 Å². The molecule has 0 spiro atoms. The maximum atomic E-state index is 13.5. The zero-order valence-electron chi connectivity index (χ0n) is 17.7. The quantitative estimate of drug-likeness (QED) is 0.288. The smallest absolute Gasteiger partial charge is 0.278 e. The number of hydrazone groups is 1. The third-order valence-electron chi connectivity index (χ3n) is 5.36. The van der Waals surface area contributed by atoms with Gasteiger partial charge in [-0.1, -0.05) is 24.3 Å². The van der Waals surface area contributed by atoms with Crippen molar-refractivity contribution in [2.45, 2.75) is 12.6 Å². The molecule has 0 saturated heterocycles. The Hall–Kier alpha value is -3.92. The van der Waals surface area contributed by atoms with Gasteiger partial charge in [-0.3, -0.25) is 14.9 Å². The molecule has 1 heterocycles. The summed E-state index contributed by atoms with van der Waals surface area (Å²) < 4.78 is 5.57. The summed E-state index contributed by atoms with van der Waals surface area (Å²) in [4.78, 5) is 24.3. The van der Waals surface area contributed by atoms with E-state index in [4.69, 9.17) is 4.74 Å². The average molecular weight is 511 g/mol. The monoisotopic (exact) mass is 510 g/mol. The fraction of sp³-hybridized carbons (Fsp3) is 0.130. The van der Waals surface area contributed by atoms with Crippen LogP contribution in [0.2, 0.25) is 0 Å². The highest BCUT2D eigenvalue weighted by Gasteiger charge is 2.43. The van der Waals surface area contributed by atoms with Gasteiger partial charge in [-0.05, 0) is 52.7 Å². The first-order valence-electron chi connectivity index (χ1n) is 9.82. The molecule has 1 aliphatic rings. The molecular weight excluding hydrogens is 492 g/mol. The number of hydrogen-bond donors (Lipinski definition) is 2. The van der Waals surface area contributed by atoms with Crippen LogP contribution in [0.4, 0.5) is 11.4 Å². The maximum Gasteiger partial charge on any atom is 0.278 e. The number of nitro groups is 1. The van der Waals surface area contributed by atoms with Crippen LogP contribution in [-0.2, 0) is 5.66 Å². The standard InChI is InChI=1S/C23H19BrN4O5/c1-23(15-6-5-7-16(12-15)28(31)32)26-19-9-4-3-8-17(19)22(30)27(23)25-13-14-10-18(24)21(29)20(11-14)33-2/h3-13,26,29H,1-2H3/t23-/m1/s1. The van der Waals surface area contributed by atoms with Crippen molar-refractivity contribution in [2.24, 2.45) is 5.10 Å². The number of rotatable bonds is 5. The Morgan fingerprint density at radius 3 is 2.70 bits per heavy atom. The van der Waals surface area contributed by atoms with E-state index in [0.29, 0.717) is 26.9 Å². The fourth-order valence-corrected chi connectivity index (χ4v) is 4.10. The Balaban J connectivity index is 1.83. The van der Waals surface area contributed by atoms with Gasteiger partial charge in [0.05, 0.1) is 28.3 Å². The van der Waals surface area contributed by atoms with E-state index >= 15 is 0 Å². The van der Waals surface area contributed by atoms with Gasteiger partial charge < -0.3 is 15.2 Å². The first-order valence-corrected chi connectivity index (χ1v) is 10.6. The van der Waals surface area contributed by atoms with Crippen molar-refractivity contribution in [3.8, 4) is 11.5 Å². The number of carbonyl (C=O) groups is 1. The maximum absolute atomic E-state index is 13.5. The predicted molar refractivity (Wildman–Crippen MR) is 127 cm³/mol. The number of anilines is 1. The van der Waals surface area contributed by atoms with Crippen LogP contribution >= 0.6 is 15.9 Å². The van der Waals surface area contributed by atoms with E-state index in [0.717, 1.165) is 0 Å². The highest BCUT2D eigenvalue weighted by molar-refractivity contribution is 9.10. The molecule has 0 aliphatic carbocycles. The minimum absolute atomic E-state index is 0.0549. The van der Waals surface area contributed by atoms with Gasteiger partial charge in [0.2, 0.25) is 0 Å². The number of nitrogens with one attached hydrogen (secondary N) is 1. The molecule has 0 radical (unpaired) electrons. The molecule has 0 unspecified atom stereocenters. The van der Waals surface area contributed by atoms with Crippen LogP contribution in [0.3, 0.4) is 0 Å². The number of carbonyl (C=O) groups excluding carboxylic acids is 1. The molecule has 3 aromatic carbocycles. The van der Waals surface area contributed by atoms with E-state index in [2.05, 4.69) is 26.3 Å². The van der Waals surface area contributed by atoms with Crippen LogP contribution < -0.4 is 10.1 Å². The Labute approximate surface area is 197 Å². The third-order valence-corrected chi connectivity index (χ3v) is 5.97.